The highest BCUT2D eigenvalue weighted by molar-refractivity contribution is 6.07. The van der Waals surface area contributed by atoms with Crippen molar-refractivity contribution in [1.82, 2.24) is 9.88 Å². The fraction of sp³-hybridized carbons (Fsp3) is 0.316. The second-order valence-corrected chi connectivity index (χ2v) is 6.67. The van der Waals surface area contributed by atoms with E-state index in [1.165, 1.54) is 0 Å². The Bertz CT molecular complexity index is 784. The molecule has 2 aromatic rings. The van der Waals surface area contributed by atoms with Crippen LogP contribution in [0.3, 0.4) is 0 Å². The minimum Gasteiger partial charge on any atom is -0.341 e. The highest BCUT2D eigenvalue weighted by Crippen LogP contribution is 2.37. The zero-order valence-electron chi connectivity index (χ0n) is 14.2. The third kappa shape index (κ3) is 2.89. The van der Waals surface area contributed by atoms with Crippen molar-refractivity contribution < 1.29 is 9.59 Å². The Morgan fingerprint density at radius 3 is 2.62 bits per heavy atom. The van der Waals surface area contributed by atoms with Crippen molar-refractivity contribution in [1.29, 1.82) is 0 Å². The predicted molar refractivity (Wildman–Crippen MR) is 93.0 cm³/mol. The van der Waals surface area contributed by atoms with Crippen LogP contribution in [-0.2, 0) is 16.6 Å². The molecular weight excluding hydrogens is 302 g/mol. The Morgan fingerprint density at radius 1 is 1.21 bits per heavy atom. The minimum absolute atomic E-state index is 0.0341. The van der Waals surface area contributed by atoms with Crippen molar-refractivity contribution in [3.05, 3.63) is 59.4 Å². The molecule has 124 valence electrons. The molecule has 0 unspecified atom stereocenters. The van der Waals surface area contributed by atoms with Crippen LogP contribution in [0.2, 0.25) is 0 Å². The fourth-order valence-electron chi connectivity index (χ4n) is 2.87. The molecule has 5 nitrogen and oxygen atoms in total. The average Bonchev–Trinajstić information content (AvgIpc) is 2.82. The second-order valence-electron chi connectivity index (χ2n) is 6.67. The van der Waals surface area contributed by atoms with Gasteiger partial charge in [-0.1, -0.05) is 0 Å². The average molecular weight is 323 g/mol. The Hall–Kier alpha value is -2.69. The third-order valence-corrected chi connectivity index (χ3v) is 4.59. The second kappa shape index (κ2) is 6.07. The van der Waals surface area contributed by atoms with Crippen molar-refractivity contribution in [2.24, 2.45) is 0 Å². The lowest BCUT2D eigenvalue weighted by Gasteiger charge is -2.19. The number of nitrogens with one attached hydrogen (secondary N) is 1. The molecular formula is C19H21N3O2. The molecule has 3 rings (SSSR count). The Labute approximate surface area is 141 Å². The molecule has 0 spiro atoms. The lowest BCUT2D eigenvalue weighted by atomic mass is 9.85. The number of carbonyl (C=O) groups excluding carboxylic acids is 2. The van der Waals surface area contributed by atoms with E-state index in [2.05, 4.69) is 10.3 Å². The molecule has 5 heteroatoms. The summed E-state index contributed by atoms with van der Waals surface area (Å²) in [6.07, 6.45) is 4.29. The summed E-state index contributed by atoms with van der Waals surface area (Å²) in [5.74, 6) is -0.0739. The van der Waals surface area contributed by atoms with Gasteiger partial charge in [-0.05, 0) is 61.7 Å². The smallest absolute Gasteiger partial charge is 0.253 e. The number of hydrogen-bond donors (Lipinski definition) is 1. The summed E-state index contributed by atoms with van der Waals surface area (Å²) in [6, 6.07) is 9.32. The Kier molecular flexibility index (Phi) is 4.09. The van der Waals surface area contributed by atoms with Crippen LogP contribution in [0.4, 0.5) is 5.69 Å². The van der Waals surface area contributed by atoms with Crippen LogP contribution in [0.5, 0.6) is 0 Å². The van der Waals surface area contributed by atoms with Crippen molar-refractivity contribution in [3.8, 4) is 0 Å². The number of nitrogens with zero attached hydrogens (tertiary/aromatic N) is 2. The van der Waals surface area contributed by atoms with Crippen LogP contribution in [0.25, 0.3) is 0 Å². The largest absolute Gasteiger partial charge is 0.341 e. The molecule has 0 saturated heterocycles. The first kappa shape index (κ1) is 16.2. The fourth-order valence-corrected chi connectivity index (χ4v) is 2.87. The summed E-state index contributed by atoms with van der Waals surface area (Å²) in [4.78, 5) is 30.4. The van der Waals surface area contributed by atoms with E-state index in [0.717, 1.165) is 23.2 Å². The maximum Gasteiger partial charge on any atom is 0.253 e. The summed E-state index contributed by atoms with van der Waals surface area (Å²) in [7, 11) is 1.80. The van der Waals surface area contributed by atoms with Gasteiger partial charge in [0.25, 0.3) is 5.91 Å². The monoisotopic (exact) mass is 323 g/mol. The molecule has 0 fully saturated rings. The van der Waals surface area contributed by atoms with E-state index in [4.69, 9.17) is 0 Å². The van der Waals surface area contributed by atoms with Crippen LogP contribution in [-0.4, -0.2) is 35.3 Å². The third-order valence-electron chi connectivity index (χ3n) is 4.59. The molecule has 1 aliphatic heterocycles. The van der Waals surface area contributed by atoms with Crippen molar-refractivity contribution in [3.63, 3.8) is 0 Å². The highest BCUT2D eigenvalue weighted by atomic mass is 16.2. The van der Waals surface area contributed by atoms with Gasteiger partial charge in [0.05, 0.1) is 5.41 Å². The molecule has 2 heterocycles. The van der Waals surface area contributed by atoms with Gasteiger partial charge in [0.15, 0.2) is 0 Å². The lowest BCUT2D eigenvalue weighted by molar-refractivity contribution is -0.119. The van der Waals surface area contributed by atoms with E-state index >= 15 is 0 Å². The SMILES string of the molecule is CN(CCc1ccncc1)C(=O)c1ccc2c(c1)C(C)(C)C(=O)N2. The molecule has 0 aliphatic carbocycles. The quantitative estimate of drug-likeness (QED) is 0.941. The van der Waals surface area contributed by atoms with E-state index in [0.29, 0.717) is 12.1 Å². The van der Waals surface area contributed by atoms with Gasteiger partial charge in [-0.25, -0.2) is 0 Å². The molecule has 0 saturated carbocycles. The molecule has 0 atom stereocenters. The normalized spacial score (nSPS) is 14.9. The maximum atomic E-state index is 12.7. The number of pyridine rings is 1. The van der Waals surface area contributed by atoms with Crippen LogP contribution < -0.4 is 5.32 Å². The van der Waals surface area contributed by atoms with Crippen LogP contribution in [0.15, 0.2) is 42.7 Å². The van der Waals surface area contributed by atoms with Gasteiger partial charge in [-0.15, -0.1) is 0 Å². The highest BCUT2D eigenvalue weighted by Gasteiger charge is 2.38. The van der Waals surface area contributed by atoms with Gasteiger partial charge in [0.2, 0.25) is 5.91 Å². The van der Waals surface area contributed by atoms with Gasteiger partial charge in [-0.2, -0.15) is 0 Å². The number of rotatable bonds is 4. The number of fused-ring (bicyclic) bond motifs is 1. The summed E-state index contributed by atoms with van der Waals surface area (Å²) < 4.78 is 0. The number of likely N-dealkylation sites (N-methyl/N-ethyl adjacent to an activating group) is 1. The van der Waals surface area contributed by atoms with E-state index in [1.807, 2.05) is 38.1 Å². The van der Waals surface area contributed by atoms with Gasteiger partial charge in [0, 0.05) is 37.2 Å². The molecule has 1 aromatic carbocycles. The molecule has 0 bridgehead atoms. The lowest BCUT2D eigenvalue weighted by Crippen LogP contribution is -2.29. The zero-order valence-corrected chi connectivity index (χ0v) is 14.2. The van der Waals surface area contributed by atoms with Crippen molar-refractivity contribution >= 4 is 17.5 Å². The van der Waals surface area contributed by atoms with Gasteiger partial charge in [0.1, 0.15) is 0 Å². The maximum absolute atomic E-state index is 12.7. The molecule has 1 N–H and O–H groups in total. The molecule has 1 aliphatic rings. The van der Waals surface area contributed by atoms with Crippen LogP contribution >= 0.6 is 0 Å². The first-order chi connectivity index (χ1) is 11.4. The minimum atomic E-state index is -0.610. The molecule has 1 aromatic heterocycles. The number of aromatic nitrogens is 1. The molecule has 2 amide bonds. The van der Waals surface area contributed by atoms with Crippen LogP contribution in [0.1, 0.15) is 35.3 Å². The van der Waals surface area contributed by atoms with Crippen LogP contribution in [0, 0.1) is 0 Å². The summed E-state index contributed by atoms with van der Waals surface area (Å²) in [5.41, 5.74) is 2.81. The van der Waals surface area contributed by atoms with E-state index in [-0.39, 0.29) is 11.8 Å². The van der Waals surface area contributed by atoms with Crippen molar-refractivity contribution in [2.75, 3.05) is 18.9 Å². The topological polar surface area (TPSA) is 62.3 Å². The summed E-state index contributed by atoms with van der Waals surface area (Å²) in [6.45, 7) is 4.37. The Balaban J connectivity index is 1.74. The molecule has 0 radical (unpaired) electrons. The number of anilines is 1. The number of carbonyl (C=O) groups is 2. The van der Waals surface area contributed by atoms with Crippen molar-refractivity contribution in [2.45, 2.75) is 25.7 Å². The number of amides is 2. The van der Waals surface area contributed by atoms with Gasteiger partial charge in [-0.3, -0.25) is 14.6 Å². The number of benzene rings is 1. The van der Waals surface area contributed by atoms with E-state index in [9.17, 15) is 9.59 Å². The molecule has 24 heavy (non-hydrogen) atoms. The summed E-state index contributed by atoms with van der Waals surface area (Å²) in [5, 5.41) is 2.86. The first-order valence-electron chi connectivity index (χ1n) is 8.00. The standard InChI is InChI=1S/C19H21N3O2/c1-19(2)15-12-14(4-5-16(15)21-18(19)24)17(23)22(3)11-8-13-6-9-20-10-7-13/h4-7,9-10,12H,8,11H2,1-3H3,(H,21,24). The number of hydrogen-bond acceptors (Lipinski definition) is 3. The van der Waals surface area contributed by atoms with Gasteiger partial charge < -0.3 is 10.2 Å². The first-order valence-corrected chi connectivity index (χ1v) is 8.00. The van der Waals surface area contributed by atoms with Gasteiger partial charge >= 0.3 is 0 Å². The predicted octanol–water partition coefficient (Wildman–Crippen LogP) is 2.63. The summed E-state index contributed by atoms with van der Waals surface area (Å²) >= 11 is 0. The zero-order chi connectivity index (χ0) is 17.3. The van der Waals surface area contributed by atoms with E-state index < -0.39 is 5.41 Å². The van der Waals surface area contributed by atoms with E-state index in [1.54, 1.807) is 30.4 Å². The Morgan fingerprint density at radius 2 is 1.92 bits per heavy atom.